The molecule has 0 spiro atoms. The molecule has 0 saturated heterocycles. The zero-order valence-electron chi connectivity index (χ0n) is 15.2. The van der Waals surface area contributed by atoms with E-state index in [1.807, 2.05) is 34.9 Å². The van der Waals surface area contributed by atoms with Gasteiger partial charge in [0.15, 0.2) is 22.1 Å². The summed E-state index contributed by atoms with van der Waals surface area (Å²) in [5.74, 6) is 2.62. The van der Waals surface area contributed by atoms with Crippen molar-refractivity contribution in [3.63, 3.8) is 0 Å². The molecule has 4 rings (SSSR count). The number of phenolic OH excluding ortho intramolecular Hbond substituents is 1. The zero-order chi connectivity index (χ0) is 19.0. The molecular weight excluding hydrogens is 362 g/mol. The first-order valence-electron chi connectivity index (χ1n) is 8.90. The number of fused-ring (bicyclic) bond motifs is 1. The molecule has 2 heterocycles. The zero-order valence-corrected chi connectivity index (χ0v) is 16.0. The number of hydrogen-bond donors (Lipinski definition) is 2. The number of nitrogens with one attached hydrogen (secondary N) is 1. The Kier molecular flexibility index (Phi) is 4.61. The van der Waals surface area contributed by atoms with E-state index in [9.17, 15) is 5.11 Å². The predicted octanol–water partition coefficient (Wildman–Crippen LogP) is 4.26. The second-order valence-electron chi connectivity index (χ2n) is 6.85. The van der Waals surface area contributed by atoms with Gasteiger partial charge in [-0.3, -0.25) is 9.67 Å². The largest absolute Gasteiger partial charge is 0.507 e. The van der Waals surface area contributed by atoms with Gasteiger partial charge in [0.2, 0.25) is 0 Å². The van der Waals surface area contributed by atoms with Gasteiger partial charge in [-0.1, -0.05) is 26.0 Å². The first-order chi connectivity index (χ1) is 13.0. The van der Waals surface area contributed by atoms with Crippen LogP contribution in [0.5, 0.6) is 17.2 Å². The maximum Gasteiger partial charge on any atom is 0.195 e. The lowest BCUT2D eigenvalue weighted by molar-refractivity contribution is 0.171. The Morgan fingerprint density at radius 3 is 2.70 bits per heavy atom. The van der Waals surface area contributed by atoms with Gasteiger partial charge in [-0.25, -0.2) is 0 Å². The molecule has 0 unspecified atom stereocenters. The van der Waals surface area contributed by atoms with Gasteiger partial charge in [-0.2, -0.15) is 5.10 Å². The van der Waals surface area contributed by atoms with Crippen molar-refractivity contribution in [3.05, 3.63) is 52.3 Å². The van der Waals surface area contributed by atoms with Gasteiger partial charge in [-0.15, -0.1) is 0 Å². The summed E-state index contributed by atoms with van der Waals surface area (Å²) >= 11 is 5.43. The highest BCUT2D eigenvalue weighted by Crippen LogP contribution is 2.33. The third-order valence-electron chi connectivity index (χ3n) is 4.63. The van der Waals surface area contributed by atoms with Gasteiger partial charge in [0.05, 0.1) is 12.1 Å². The number of benzene rings is 2. The van der Waals surface area contributed by atoms with Crippen LogP contribution in [0.2, 0.25) is 0 Å². The second-order valence-corrected chi connectivity index (χ2v) is 7.23. The van der Waals surface area contributed by atoms with Crippen LogP contribution >= 0.6 is 12.2 Å². The summed E-state index contributed by atoms with van der Waals surface area (Å²) in [5.41, 5.74) is 2.80. The van der Waals surface area contributed by atoms with Gasteiger partial charge < -0.3 is 14.6 Å². The van der Waals surface area contributed by atoms with Crippen molar-refractivity contribution in [2.75, 3.05) is 13.2 Å². The molecule has 3 aromatic rings. The van der Waals surface area contributed by atoms with Crippen LogP contribution in [0.15, 0.2) is 36.4 Å². The van der Waals surface area contributed by atoms with Crippen molar-refractivity contribution < 1.29 is 14.6 Å². The van der Waals surface area contributed by atoms with Crippen LogP contribution in [-0.2, 0) is 6.54 Å². The lowest BCUT2D eigenvalue weighted by Crippen LogP contribution is -2.15. The third kappa shape index (κ3) is 3.42. The number of aromatic amines is 1. The Hall–Kier alpha value is -2.80. The molecule has 140 valence electrons. The van der Waals surface area contributed by atoms with Crippen LogP contribution in [0.25, 0.3) is 11.4 Å². The number of hydrogen-bond acceptors (Lipinski definition) is 5. The molecule has 1 aliphatic heterocycles. The Morgan fingerprint density at radius 1 is 1.15 bits per heavy atom. The van der Waals surface area contributed by atoms with Crippen LogP contribution in [0.3, 0.4) is 0 Å². The molecule has 0 bridgehead atoms. The van der Waals surface area contributed by atoms with Crippen molar-refractivity contribution >= 4 is 12.2 Å². The molecule has 0 aliphatic carbocycles. The first kappa shape index (κ1) is 17.6. The van der Waals surface area contributed by atoms with E-state index < -0.39 is 0 Å². The summed E-state index contributed by atoms with van der Waals surface area (Å²) in [4.78, 5) is 0. The van der Waals surface area contributed by atoms with Crippen LogP contribution in [-0.4, -0.2) is 33.1 Å². The molecule has 2 aromatic carbocycles. The molecule has 0 atom stereocenters. The Labute approximate surface area is 162 Å². The molecule has 1 aromatic heterocycles. The summed E-state index contributed by atoms with van der Waals surface area (Å²) in [6, 6.07) is 11.4. The molecule has 2 N–H and O–H groups in total. The molecule has 27 heavy (non-hydrogen) atoms. The Balaban J connectivity index is 1.73. The summed E-state index contributed by atoms with van der Waals surface area (Å²) in [6.45, 7) is 5.84. The smallest absolute Gasteiger partial charge is 0.195 e. The van der Waals surface area contributed by atoms with Crippen molar-refractivity contribution in [1.29, 1.82) is 0 Å². The summed E-state index contributed by atoms with van der Waals surface area (Å²) in [6.07, 6.45) is 0. The number of ether oxygens (including phenoxy) is 2. The highest BCUT2D eigenvalue weighted by Gasteiger charge is 2.17. The number of nitrogens with zero attached hydrogens (tertiary/aromatic N) is 2. The highest BCUT2D eigenvalue weighted by atomic mass is 32.1. The highest BCUT2D eigenvalue weighted by molar-refractivity contribution is 7.71. The van der Waals surface area contributed by atoms with Gasteiger partial charge in [0.1, 0.15) is 19.0 Å². The standard InChI is InChI=1S/C20H21N3O3S/c1-12(2)14-4-5-16(24)15(10-14)19-21-22-20(27)23(19)11-13-3-6-17-18(9-13)26-8-7-25-17/h3-6,9-10,12,24H,7-8,11H2,1-2H3,(H,22,27). The van der Waals surface area contributed by atoms with Crippen LogP contribution in [0.1, 0.15) is 30.9 Å². The molecule has 0 saturated carbocycles. The van der Waals surface area contributed by atoms with Crippen molar-refractivity contribution in [1.82, 2.24) is 14.8 Å². The van der Waals surface area contributed by atoms with Gasteiger partial charge >= 0.3 is 0 Å². The minimum Gasteiger partial charge on any atom is -0.507 e. The minimum atomic E-state index is 0.178. The van der Waals surface area contributed by atoms with Crippen molar-refractivity contribution in [2.45, 2.75) is 26.3 Å². The molecule has 7 heteroatoms. The van der Waals surface area contributed by atoms with Gasteiger partial charge in [-0.05, 0) is 53.5 Å². The quantitative estimate of drug-likeness (QED) is 0.659. The Bertz CT molecular complexity index is 1040. The topological polar surface area (TPSA) is 72.3 Å². The van der Waals surface area contributed by atoms with E-state index in [1.165, 1.54) is 0 Å². The van der Waals surface area contributed by atoms with E-state index in [2.05, 4.69) is 24.0 Å². The first-order valence-corrected chi connectivity index (χ1v) is 9.31. The normalized spacial score (nSPS) is 13.1. The van der Waals surface area contributed by atoms with Crippen molar-refractivity contribution in [3.8, 4) is 28.6 Å². The maximum atomic E-state index is 10.4. The number of phenols is 1. The van der Waals surface area contributed by atoms with E-state index in [-0.39, 0.29) is 5.75 Å². The minimum absolute atomic E-state index is 0.178. The van der Waals surface area contributed by atoms with E-state index in [0.29, 0.717) is 41.8 Å². The fourth-order valence-corrected chi connectivity index (χ4v) is 3.33. The fourth-order valence-electron chi connectivity index (χ4n) is 3.13. The second kappa shape index (κ2) is 7.08. The monoisotopic (exact) mass is 383 g/mol. The molecule has 6 nitrogen and oxygen atoms in total. The molecule has 1 aliphatic rings. The van der Waals surface area contributed by atoms with Crippen LogP contribution in [0.4, 0.5) is 0 Å². The predicted molar refractivity (Wildman–Crippen MR) is 105 cm³/mol. The molecule has 0 radical (unpaired) electrons. The number of aromatic nitrogens is 3. The number of H-pyrrole nitrogens is 1. The number of rotatable bonds is 4. The van der Waals surface area contributed by atoms with E-state index in [0.717, 1.165) is 22.6 Å². The van der Waals surface area contributed by atoms with Gasteiger partial charge in [0.25, 0.3) is 0 Å². The fraction of sp³-hybridized carbons (Fsp3) is 0.300. The van der Waals surface area contributed by atoms with Crippen LogP contribution in [0, 0.1) is 4.77 Å². The summed E-state index contributed by atoms with van der Waals surface area (Å²) in [7, 11) is 0. The van der Waals surface area contributed by atoms with Crippen LogP contribution < -0.4 is 9.47 Å². The summed E-state index contributed by atoms with van der Waals surface area (Å²) < 4.78 is 13.6. The lowest BCUT2D eigenvalue weighted by atomic mass is 10.00. The van der Waals surface area contributed by atoms with Gasteiger partial charge in [0, 0.05) is 0 Å². The Morgan fingerprint density at radius 2 is 1.93 bits per heavy atom. The van der Waals surface area contributed by atoms with E-state index in [1.54, 1.807) is 6.07 Å². The summed E-state index contributed by atoms with van der Waals surface area (Å²) in [5, 5.41) is 17.6. The number of aromatic hydroxyl groups is 1. The molecular formula is C20H21N3O3S. The van der Waals surface area contributed by atoms with E-state index >= 15 is 0 Å². The van der Waals surface area contributed by atoms with E-state index in [4.69, 9.17) is 21.7 Å². The average molecular weight is 383 g/mol. The maximum absolute atomic E-state index is 10.4. The average Bonchev–Trinajstić information content (AvgIpc) is 3.02. The molecule has 0 amide bonds. The lowest BCUT2D eigenvalue weighted by Gasteiger charge is -2.19. The van der Waals surface area contributed by atoms with Crippen molar-refractivity contribution in [2.24, 2.45) is 0 Å². The SMILES string of the molecule is CC(C)c1ccc(O)c(-c2n[nH]c(=S)n2Cc2ccc3c(c2)OCCO3)c1. The third-order valence-corrected chi connectivity index (χ3v) is 4.95. The molecule has 0 fully saturated rings.